The van der Waals surface area contributed by atoms with Crippen LogP contribution >= 0.6 is 34.5 Å². The van der Waals surface area contributed by atoms with E-state index in [2.05, 4.69) is 10.3 Å². The van der Waals surface area contributed by atoms with Gasteiger partial charge in [-0.15, -0.1) is 0 Å². The maximum atomic E-state index is 12.3. The summed E-state index contributed by atoms with van der Waals surface area (Å²) in [6.45, 7) is 2.47. The standard InChI is InChI=1S/C16H12Cl2N2O2S/c1-2-22-12-4-3-5-13-14(12)19-16(23-13)20-15(21)10-7-6-9(17)8-11(10)18/h3-8H,2H2,1H3,(H,19,20,21). The molecule has 1 N–H and O–H groups in total. The van der Waals surface area contributed by atoms with Gasteiger partial charge in [-0.1, -0.05) is 40.6 Å². The molecule has 0 bridgehead atoms. The van der Waals surface area contributed by atoms with Gasteiger partial charge in [0, 0.05) is 5.02 Å². The van der Waals surface area contributed by atoms with Crippen molar-refractivity contribution in [2.45, 2.75) is 6.92 Å². The first kappa shape index (κ1) is 16.1. The minimum Gasteiger partial charge on any atom is -0.492 e. The van der Waals surface area contributed by atoms with E-state index in [4.69, 9.17) is 27.9 Å². The van der Waals surface area contributed by atoms with Crippen molar-refractivity contribution in [1.29, 1.82) is 0 Å². The van der Waals surface area contributed by atoms with Crippen LogP contribution in [0.5, 0.6) is 5.75 Å². The molecular weight excluding hydrogens is 355 g/mol. The monoisotopic (exact) mass is 366 g/mol. The largest absolute Gasteiger partial charge is 0.492 e. The molecular formula is C16H12Cl2N2O2S. The van der Waals surface area contributed by atoms with Crippen LogP contribution in [0, 0.1) is 0 Å². The van der Waals surface area contributed by atoms with Crippen molar-refractivity contribution in [2.75, 3.05) is 11.9 Å². The average molecular weight is 367 g/mol. The lowest BCUT2D eigenvalue weighted by Crippen LogP contribution is -2.12. The van der Waals surface area contributed by atoms with Crippen molar-refractivity contribution < 1.29 is 9.53 Å². The molecule has 1 amide bonds. The number of fused-ring (bicyclic) bond motifs is 1. The maximum absolute atomic E-state index is 12.3. The highest BCUT2D eigenvalue weighted by atomic mass is 35.5. The summed E-state index contributed by atoms with van der Waals surface area (Å²) in [6, 6.07) is 10.4. The van der Waals surface area contributed by atoms with Gasteiger partial charge >= 0.3 is 0 Å². The summed E-state index contributed by atoms with van der Waals surface area (Å²) >= 11 is 13.3. The Morgan fingerprint density at radius 3 is 2.87 bits per heavy atom. The van der Waals surface area contributed by atoms with Crippen LogP contribution in [0.25, 0.3) is 10.2 Å². The van der Waals surface area contributed by atoms with Gasteiger partial charge in [-0.05, 0) is 37.3 Å². The first-order valence-corrected chi connectivity index (χ1v) is 8.44. The van der Waals surface area contributed by atoms with Gasteiger partial charge in [0.1, 0.15) is 11.3 Å². The minimum atomic E-state index is -0.330. The molecule has 0 radical (unpaired) electrons. The summed E-state index contributed by atoms with van der Waals surface area (Å²) in [5, 5.41) is 4.03. The van der Waals surface area contributed by atoms with E-state index in [1.807, 2.05) is 25.1 Å². The van der Waals surface area contributed by atoms with Gasteiger partial charge in [0.05, 0.1) is 21.9 Å². The number of thiazole rings is 1. The molecule has 0 saturated heterocycles. The zero-order chi connectivity index (χ0) is 16.4. The molecule has 0 unspecified atom stereocenters. The van der Waals surface area contributed by atoms with Crippen LogP contribution in [-0.2, 0) is 0 Å². The fourth-order valence-corrected chi connectivity index (χ4v) is 3.46. The lowest BCUT2D eigenvalue weighted by Gasteiger charge is -2.04. The number of ether oxygens (including phenoxy) is 1. The number of hydrogen-bond acceptors (Lipinski definition) is 4. The number of aromatic nitrogens is 1. The number of nitrogens with zero attached hydrogens (tertiary/aromatic N) is 1. The molecule has 0 spiro atoms. The Hall–Kier alpha value is -1.82. The van der Waals surface area contributed by atoms with Crippen LogP contribution in [0.4, 0.5) is 5.13 Å². The number of halogens is 2. The number of carbonyl (C=O) groups is 1. The second-order valence-electron chi connectivity index (χ2n) is 4.63. The second-order valence-corrected chi connectivity index (χ2v) is 6.51. The van der Waals surface area contributed by atoms with E-state index < -0.39 is 0 Å². The lowest BCUT2D eigenvalue weighted by molar-refractivity contribution is 0.102. The molecule has 0 aliphatic heterocycles. The van der Waals surface area contributed by atoms with Crippen molar-refractivity contribution in [2.24, 2.45) is 0 Å². The van der Waals surface area contributed by atoms with E-state index in [-0.39, 0.29) is 5.91 Å². The summed E-state index contributed by atoms with van der Waals surface area (Å²) in [5.41, 5.74) is 1.08. The molecule has 0 aliphatic rings. The van der Waals surface area contributed by atoms with Gasteiger partial charge in [-0.25, -0.2) is 4.98 Å². The van der Waals surface area contributed by atoms with Crippen LogP contribution < -0.4 is 10.1 Å². The Morgan fingerprint density at radius 1 is 1.30 bits per heavy atom. The van der Waals surface area contributed by atoms with Gasteiger partial charge in [-0.2, -0.15) is 0 Å². The van der Waals surface area contributed by atoms with Crippen LogP contribution in [0.15, 0.2) is 36.4 Å². The Balaban J connectivity index is 1.89. The summed E-state index contributed by atoms with van der Waals surface area (Å²) in [7, 11) is 0. The number of para-hydroxylation sites is 1. The van der Waals surface area contributed by atoms with Gasteiger partial charge in [-0.3, -0.25) is 10.1 Å². The van der Waals surface area contributed by atoms with Crippen LogP contribution in [0.3, 0.4) is 0 Å². The Labute approximate surface area is 147 Å². The van der Waals surface area contributed by atoms with E-state index in [1.165, 1.54) is 17.4 Å². The third-order valence-corrected chi connectivity index (χ3v) is 4.56. The van der Waals surface area contributed by atoms with E-state index in [0.29, 0.717) is 33.1 Å². The number of nitrogens with one attached hydrogen (secondary N) is 1. The normalized spacial score (nSPS) is 10.7. The average Bonchev–Trinajstić information content (AvgIpc) is 2.90. The molecule has 118 valence electrons. The van der Waals surface area contributed by atoms with Crippen LogP contribution in [0.1, 0.15) is 17.3 Å². The minimum absolute atomic E-state index is 0.297. The molecule has 4 nitrogen and oxygen atoms in total. The third kappa shape index (κ3) is 3.42. The molecule has 3 rings (SSSR count). The third-order valence-electron chi connectivity index (χ3n) is 3.08. The predicted molar refractivity (Wildman–Crippen MR) is 95.2 cm³/mol. The number of hydrogen-bond donors (Lipinski definition) is 1. The highest BCUT2D eigenvalue weighted by Crippen LogP contribution is 2.32. The molecule has 23 heavy (non-hydrogen) atoms. The number of amides is 1. The SMILES string of the molecule is CCOc1cccc2sc(NC(=O)c3ccc(Cl)cc3Cl)nc12. The van der Waals surface area contributed by atoms with Crippen molar-refractivity contribution in [1.82, 2.24) is 4.98 Å². The molecule has 2 aromatic carbocycles. The van der Waals surface area contributed by atoms with Gasteiger partial charge in [0.15, 0.2) is 5.13 Å². The zero-order valence-corrected chi connectivity index (χ0v) is 14.4. The smallest absolute Gasteiger partial charge is 0.258 e. The topological polar surface area (TPSA) is 51.2 Å². The Kier molecular flexibility index (Phi) is 4.71. The van der Waals surface area contributed by atoms with Crippen molar-refractivity contribution in [3.05, 3.63) is 52.0 Å². The lowest BCUT2D eigenvalue weighted by atomic mass is 10.2. The fourth-order valence-electron chi connectivity index (χ4n) is 2.09. The molecule has 1 aromatic heterocycles. The second kappa shape index (κ2) is 6.74. The summed E-state index contributed by atoms with van der Waals surface area (Å²) in [5.74, 6) is 0.370. The summed E-state index contributed by atoms with van der Waals surface area (Å²) in [6.07, 6.45) is 0. The number of rotatable bonds is 4. The molecule has 0 fully saturated rings. The summed E-state index contributed by atoms with van der Waals surface area (Å²) in [4.78, 5) is 16.8. The van der Waals surface area contributed by atoms with Gasteiger partial charge < -0.3 is 4.74 Å². The molecule has 0 aliphatic carbocycles. The zero-order valence-electron chi connectivity index (χ0n) is 12.1. The quantitative estimate of drug-likeness (QED) is 0.685. The highest BCUT2D eigenvalue weighted by molar-refractivity contribution is 7.22. The molecule has 1 heterocycles. The maximum Gasteiger partial charge on any atom is 0.258 e. The number of anilines is 1. The van der Waals surface area contributed by atoms with Crippen molar-refractivity contribution in [3.8, 4) is 5.75 Å². The fraction of sp³-hybridized carbons (Fsp3) is 0.125. The van der Waals surface area contributed by atoms with Crippen LogP contribution in [-0.4, -0.2) is 17.5 Å². The first-order valence-electron chi connectivity index (χ1n) is 6.87. The van der Waals surface area contributed by atoms with Crippen molar-refractivity contribution in [3.63, 3.8) is 0 Å². The van der Waals surface area contributed by atoms with Crippen molar-refractivity contribution >= 4 is 55.8 Å². The van der Waals surface area contributed by atoms with E-state index >= 15 is 0 Å². The molecule has 0 atom stereocenters. The molecule has 0 saturated carbocycles. The summed E-state index contributed by atoms with van der Waals surface area (Å²) < 4.78 is 6.49. The number of carbonyl (C=O) groups excluding carboxylic acids is 1. The number of benzene rings is 2. The van der Waals surface area contributed by atoms with E-state index in [1.54, 1.807) is 12.1 Å². The Bertz CT molecular complexity index is 880. The van der Waals surface area contributed by atoms with Gasteiger partial charge in [0.2, 0.25) is 0 Å². The van der Waals surface area contributed by atoms with E-state index in [0.717, 1.165) is 10.2 Å². The highest BCUT2D eigenvalue weighted by Gasteiger charge is 2.14. The predicted octanol–water partition coefficient (Wildman–Crippen LogP) is 5.25. The first-order chi connectivity index (χ1) is 11.1. The Morgan fingerprint density at radius 2 is 2.13 bits per heavy atom. The molecule has 3 aromatic rings. The van der Waals surface area contributed by atoms with Crippen LogP contribution in [0.2, 0.25) is 10.0 Å². The van der Waals surface area contributed by atoms with Gasteiger partial charge in [0.25, 0.3) is 5.91 Å². The van der Waals surface area contributed by atoms with E-state index in [9.17, 15) is 4.79 Å². The molecule has 7 heteroatoms.